The number of nitrogens with zero attached hydrogens (tertiary/aromatic N) is 2. The summed E-state index contributed by atoms with van der Waals surface area (Å²) in [5.74, 6) is -3.60. The van der Waals surface area contributed by atoms with Gasteiger partial charge in [0, 0.05) is 11.1 Å². The maximum absolute atomic E-state index is 14.9. The Bertz CT molecular complexity index is 1120. The molecule has 2 aliphatic rings. The summed E-state index contributed by atoms with van der Waals surface area (Å²) in [7, 11) is 0. The number of hydrogen-bond donors (Lipinski definition) is 4. The van der Waals surface area contributed by atoms with Crippen LogP contribution in [0.5, 0.6) is 0 Å². The Labute approximate surface area is 189 Å². The molecule has 0 aliphatic carbocycles. The van der Waals surface area contributed by atoms with E-state index in [0.29, 0.717) is 48.2 Å². The van der Waals surface area contributed by atoms with Crippen LogP contribution in [0.15, 0.2) is 35.4 Å². The molecule has 0 saturated carbocycles. The molecule has 0 radical (unpaired) electrons. The zero-order chi connectivity index (χ0) is 23.8. The van der Waals surface area contributed by atoms with Crippen LogP contribution in [0.4, 0.5) is 24.8 Å². The maximum Gasteiger partial charge on any atom is 0.298 e. The summed E-state index contributed by atoms with van der Waals surface area (Å²) in [6.07, 6.45) is 3.35. The first-order valence-corrected chi connectivity index (χ1v) is 10.6. The quantitative estimate of drug-likeness (QED) is 0.520. The number of alkyl halides is 2. The Morgan fingerprint density at radius 1 is 1.33 bits per heavy atom. The van der Waals surface area contributed by atoms with Crippen LogP contribution in [0, 0.1) is 12.7 Å². The van der Waals surface area contributed by atoms with E-state index in [2.05, 4.69) is 20.6 Å². The number of aromatic nitrogens is 2. The molecule has 1 unspecified atom stereocenters. The number of aliphatic hydroxyl groups excluding tert-OH is 2. The number of nitrogens with one attached hydrogen (secondary N) is 2. The number of fused-ring (bicyclic) bond motifs is 1. The molecule has 0 saturated heterocycles. The van der Waals surface area contributed by atoms with Crippen molar-refractivity contribution in [2.24, 2.45) is 0 Å². The van der Waals surface area contributed by atoms with Gasteiger partial charge in [-0.2, -0.15) is 8.78 Å². The fourth-order valence-corrected chi connectivity index (χ4v) is 3.97. The smallest absolute Gasteiger partial charge is 0.298 e. The monoisotopic (exact) mass is 462 g/mol. The third-order valence-corrected chi connectivity index (χ3v) is 5.70. The summed E-state index contributed by atoms with van der Waals surface area (Å²) >= 11 is 0. The van der Waals surface area contributed by atoms with Crippen molar-refractivity contribution < 1.29 is 28.1 Å². The highest BCUT2D eigenvalue weighted by atomic mass is 19.3. The summed E-state index contributed by atoms with van der Waals surface area (Å²) in [6.45, 7) is 2.81. The average molecular weight is 462 g/mol. The van der Waals surface area contributed by atoms with E-state index in [1.54, 1.807) is 19.9 Å². The number of hydrogen-bond acceptors (Lipinski definition) is 7. The van der Waals surface area contributed by atoms with Gasteiger partial charge in [-0.3, -0.25) is 0 Å². The van der Waals surface area contributed by atoms with Crippen LogP contribution in [0.1, 0.15) is 41.9 Å². The molecule has 1 aromatic heterocycles. The van der Waals surface area contributed by atoms with Gasteiger partial charge in [0.25, 0.3) is 5.92 Å². The molecule has 2 aromatic rings. The first-order valence-electron chi connectivity index (χ1n) is 10.6. The van der Waals surface area contributed by atoms with Crippen molar-refractivity contribution in [3.63, 3.8) is 0 Å². The van der Waals surface area contributed by atoms with Crippen molar-refractivity contribution in [2.45, 2.75) is 38.5 Å². The van der Waals surface area contributed by atoms with Gasteiger partial charge >= 0.3 is 0 Å². The summed E-state index contributed by atoms with van der Waals surface area (Å²) in [5.41, 5.74) is 1.31. The topological polar surface area (TPSA) is 99.5 Å². The van der Waals surface area contributed by atoms with Crippen molar-refractivity contribution in [3.05, 3.63) is 63.8 Å². The summed E-state index contributed by atoms with van der Waals surface area (Å²) in [4.78, 5) is 8.78. The van der Waals surface area contributed by atoms with Gasteiger partial charge in [-0.25, -0.2) is 14.4 Å². The fraction of sp³-hybridized carbons (Fsp3) is 0.391. The fourth-order valence-electron chi connectivity index (χ4n) is 3.97. The van der Waals surface area contributed by atoms with E-state index >= 15 is 0 Å². The minimum absolute atomic E-state index is 0.00536. The largest absolute Gasteiger partial charge is 0.390 e. The Morgan fingerprint density at radius 3 is 2.82 bits per heavy atom. The second-order valence-electron chi connectivity index (χ2n) is 8.02. The van der Waals surface area contributed by atoms with E-state index in [-0.39, 0.29) is 5.56 Å². The molecule has 10 heteroatoms. The third kappa shape index (κ3) is 4.59. The molecule has 2 aliphatic heterocycles. The lowest BCUT2D eigenvalue weighted by Crippen LogP contribution is -2.28. The number of anilines is 2. The highest BCUT2D eigenvalue weighted by molar-refractivity contribution is 5.80. The van der Waals surface area contributed by atoms with Crippen LogP contribution < -0.4 is 10.6 Å². The van der Waals surface area contributed by atoms with Gasteiger partial charge in [-0.15, -0.1) is 0 Å². The van der Waals surface area contributed by atoms with Gasteiger partial charge in [0.1, 0.15) is 29.9 Å². The van der Waals surface area contributed by atoms with Crippen LogP contribution in [0.2, 0.25) is 0 Å². The molecule has 3 heterocycles. The summed E-state index contributed by atoms with van der Waals surface area (Å²) in [5, 5.41) is 25.6. The van der Waals surface area contributed by atoms with Crippen LogP contribution in [0.25, 0.3) is 6.08 Å². The molecule has 0 bridgehead atoms. The van der Waals surface area contributed by atoms with Gasteiger partial charge in [0.2, 0.25) is 0 Å². The van der Waals surface area contributed by atoms with Crippen molar-refractivity contribution in [1.29, 1.82) is 0 Å². The lowest BCUT2D eigenvalue weighted by atomic mass is 9.95. The molecule has 2 atom stereocenters. The van der Waals surface area contributed by atoms with Gasteiger partial charge in [-0.05, 0) is 38.0 Å². The predicted molar refractivity (Wildman–Crippen MR) is 117 cm³/mol. The number of ether oxygens (including phenoxy) is 1. The third-order valence-electron chi connectivity index (χ3n) is 5.70. The Hall–Kier alpha value is -2.95. The number of benzene rings is 1. The van der Waals surface area contributed by atoms with Crippen molar-refractivity contribution in [2.75, 3.05) is 30.5 Å². The zero-order valence-corrected chi connectivity index (χ0v) is 18.2. The summed E-state index contributed by atoms with van der Waals surface area (Å²) in [6, 6.07) is 2.95. The van der Waals surface area contributed by atoms with Gasteiger partial charge in [-0.1, -0.05) is 18.2 Å². The van der Waals surface area contributed by atoms with E-state index in [4.69, 9.17) is 9.84 Å². The van der Waals surface area contributed by atoms with E-state index in [1.165, 1.54) is 12.1 Å². The van der Waals surface area contributed by atoms with Crippen molar-refractivity contribution >= 4 is 17.7 Å². The van der Waals surface area contributed by atoms with Crippen LogP contribution in [0.3, 0.4) is 0 Å². The van der Waals surface area contributed by atoms with Gasteiger partial charge in [0.05, 0.1) is 30.4 Å². The molecule has 0 fully saturated rings. The average Bonchev–Trinajstić information content (AvgIpc) is 2.79. The molecule has 176 valence electrons. The van der Waals surface area contributed by atoms with E-state index < -0.39 is 36.2 Å². The highest BCUT2D eigenvalue weighted by Gasteiger charge is 2.35. The lowest BCUT2D eigenvalue weighted by Gasteiger charge is -2.28. The second-order valence-corrected chi connectivity index (χ2v) is 8.02. The van der Waals surface area contributed by atoms with Gasteiger partial charge in [0.15, 0.2) is 6.23 Å². The van der Waals surface area contributed by atoms with Gasteiger partial charge < -0.3 is 25.6 Å². The van der Waals surface area contributed by atoms with Crippen LogP contribution >= 0.6 is 0 Å². The summed E-state index contributed by atoms with van der Waals surface area (Å²) < 4.78 is 48.2. The second kappa shape index (κ2) is 9.12. The molecule has 1 aromatic carbocycles. The van der Waals surface area contributed by atoms with Crippen molar-refractivity contribution in [3.8, 4) is 0 Å². The Kier molecular flexibility index (Phi) is 6.42. The predicted octanol–water partition coefficient (Wildman–Crippen LogP) is 3.66. The first kappa shape index (κ1) is 23.2. The highest BCUT2D eigenvalue weighted by Crippen LogP contribution is 2.37. The van der Waals surface area contributed by atoms with E-state index in [1.807, 2.05) is 6.08 Å². The molecule has 33 heavy (non-hydrogen) atoms. The zero-order valence-electron chi connectivity index (χ0n) is 18.2. The van der Waals surface area contributed by atoms with Crippen molar-refractivity contribution in [1.82, 2.24) is 9.97 Å². The Morgan fingerprint density at radius 2 is 2.12 bits per heavy atom. The molecule has 0 amide bonds. The number of rotatable bonds is 6. The molecular formula is C23H25F3N4O3. The standard InChI is InChI=1S/C23H25F3N4O3/c1-12(15-4-3-5-18(19(15)24)23(25,26)11-31)27-20-17-10-16(14-6-8-33-9-7-14)22(32)30-21(17)29-13(2)28-20/h3-6,10,12,22,31-32H,7-9,11H2,1-2H3,(H2,27,28,29,30)/t12-,22?/m1/s1. The number of aryl methyl sites for hydroxylation is 1. The van der Waals surface area contributed by atoms with E-state index in [9.17, 15) is 18.3 Å². The molecule has 4 rings (SSSR count). The molecule has 4 N–H and O–H groups in total. The number of aliphatic hydroxyl groups is 2. The minimum atomic E-state index is -3.69. The molecular weight excluding hydrogens is 437 g/mol. The van der Waals surface area contributed by atoms with E-state index in [0.717, 1.165) is 11.6 Å². The molecule has 0 spiro atoms. The lowest BCUT2D eigenvalue weighted by molar-refractivity contribution is -0.0583. The van der Waals surface area contributed by atoms with Crippen LogP contribution in [-0.4, -0.2) is 46.2 Å². The minimum Gasteiger partial charge on any atom is -0.390 e. The number of halogens is 3. The normalized spacial score (nSPS) is 19.2. The SMILES string of the molecule is Cc1nc2c(c(N[C@H](C)c3cccc(C(F)(F)CO)c3F)n1)C=C(C1=CCOCC1)C(O)N2. The first-order chi connectivity index (χ1) is 15.7. The molecule has 7 nitrogen and oxygen atoms in total. The Balaban J connectivity index is 1.71. The van der Waals surface area contributed by atoms with Crippen LogP contribution in [-0.2, 0) is 10.7 Å². The maximum atomic E-state index is 14.9.